The van der Waals surface area contributed by atoms with Crippen LogP contribution in [0.2, 0.25) is 0 Å². The normalized spacial score (nSPS) is 12.1. The number of hydrogen-bond acceptors (Lipinski definition) is 2. The molecule has 0 unspecified atom stereocenters. The first-order valence-electron chi connectivity index (χ1n) is 6.71. The number of hydrogen-bond donors (Lipinski definition) is 1. The molecular formula is C16H23N3. The summed E-state index contributed by atoms with van der Waals surface area (Å²) in [4.78, 5) is 9.63. The number of benzene rings is 1. The first-order valence-corrected chi connectivity index (χ1v) is 6.71. The molecule has 0 aliphatic carbocycles. The maximum atomic E-state index is 4.25. The van der Waals surface area contributed by atoms with Crippen molar-refractivity contribution >= 4 is 0 Å². The summed E-state index contributed by atoms with van der Waals surface area (Å²) in [5.41, 5.74) is 2.94. The second-order valence-corrected chi connectivity index (χ2v) is 6.16. The Hall–Kier alpha value is -1.61. The van der Waals surface area contributed by atoms with Crippen LogP contribution in [0, 0.1) is 0 Å². The fraction of sp³-hybridized carbons (Fsp3) is 0.438. The molecule has 0 aliphatic heterocycles. The SMILES string of the molecule is CN(Cc1ccc(C(C)(C)C)cc1)Cc1ncc[nH]1. The summed E-state index contributed by atoms with van der Waals surface area (Å²) in [6.07, 6.45) is 3.66. The molecule has 3 nitrogen and oxygen atoms in total. The Balaban J connectivity index is 1.96. The number of nitrogens with one attached hydrogen (secondary N) is 1. The van der Waals surface area contributed by atoms with Crippen LogP contribution in [0.25, 0.3) is 0 Å². The Morgan fingerprint density at radius 2 is 1.79 bits per heavy atom. The molecule has 102 valence electrons. The van der Waals surface area contributed by atoms with Gasteiger partial charge in [0.25, 0.3) is 0 Å². The van der Waals surface area contributed by atoms with E-state index >= 15 is 0 Å². The number of H-pyrrole nitrogens is 1. The summed E-state index contributed by atoms with van der Waals surface area (Å²) in [6, 6.07) is 8.91. The smallest absolute Gasteiger partial charge is 0.120 e. The van der Waals surface area contributed by atoms with Gasteiger partial charge in [-0.2, -0.15) is 0 Å². The fourth-order valence-corrected chi connectivity index (χ4v) is 2.12. The van der Waals surface area contributed by atoms with Crippen LogP contribution in [0.15, 0.2) is 36.7 Å². The molecule has 2 rings (SSSR count). The lowest BCUT2D eigenvalue weighted by Crippen LogP contribution is -2.18. The average Bonchev–Trinajstić information content (AvgIpc) is 2.81. The summed E-state index contributed by atoms with van der Waals surface area (Å²) in [7, 11) is 2.11. The zero-order valence-electron chi connectivity index (χ0n) is 12.3. The van der Waals surface area contributed by atoms with E-state index in [9.17, 15) is 0 Å². The van der Waals surface area contributed by atoms with Gasteiger partial charge in [0.1, 0.15) is 5.82 Å². The standard InChI is InChI=1S/C16H23N3/c1-16(2,3)14-7-5-13(6-8-14)11-19(4)12-15-17-9-10-18-15/h5-10H,11-12H2,1-4H3,(H,17,18). The van der Waals surface area contributed by atoms with E-state index in [1.165, 1.54) is 11.1 Å². The molecule has 0 amide bonds. The molecule has 0 radical (unpaired) electrons. The van der Waals surface area contributed by atoms with Gasteiger partial charge in [0.05, 0.1) is 6.54 Å². The number of imidazole rings is 1. The Morgan fingerprint density at radius 1 is 1.11 bits per heavy atom. The molecule has 0 saturated heterocycles. The number of nitrogens with zero attached hydrogens (tertiary/aromatic N) is 2. The maximum Gasteiger partial charge on any atom is 0.120 e. The van der Waals surface area contributed by atoms with Gasteiger partial charge < -0.3 is 4.98 Å². The molecule has 0 aliphatic rings. The highest BCUT2D eigenvalue weighted by Gasteiger charge is 2.13. The van der Waals surface area contributed by atoms with Crippen molar-refractivity contribution in [3.8, 4) is 0 Å². The van der Waals surface area contributed by atoms with Crippen LogP contribution in [-0.4, -0.2) is 21.9 Å². The predicted molar refractivity (Wildman–Crippen MR) is 78.9 cm³/mol. The second-order valence-electron chi connectivity index (χ2n) is 6.16. The van der Waals surface area contributed by atoms with Crippen molar-refractivity contribution in [1.82, 2.24) is 14.9 Å². The maximum absolute atomic E-state index is 4.25. The minimum absolute atomic E-state index is 0.221. The van der Waals surface area contributed by atoms with E-state index < -0.39 is 0 Å². The molecule has 3 heteroatoms. The Morgan fingerprint density at radius 3 is 2.32 bits per heavy atom. The molecule has 0 saturated carbocycles. The van der Waals surface area contributed by atoms with Gasteiger partial charge in [0.2, 0.25) is 0 Å². The summed E-state index contributed by atoms with van der Waals surface area (Å²) >= 11 is 0. The van der Waals surface area contributed by atoms with Crippen molar-refractivity contribution in [1.29, 1.82) is 0 Å². The van der Waals surface area contributed by atoms with Crippen molar-refractivity contribution in [2.45, 2.75) is 39.3 Å². The summed E-state index contributed by atoms with van der Waals surface area (Å²) in [5, 5.41) is 0. The average molecular weight is 257 g/mol. The zero-order valence-corrected chi connectivity index (χ0v) is 12.3. The van der Waals surface area contributed by atoms with E-state index in [2.05, 4.69) is 67.0 Å². The third kappa shape index (κ3) is 3.93. The van der Waals surface area contributed by atoms with Crippen LogP contribution in [0.1, 0.15) is 37.7 Å². The molecule has 1 aromatic heterocycles. The van der Waals surface area contributed by atoms with Gasteiger partial charge in [-0.25, -0.2) is 4.98 Å². The molecule has 1 aromatic carbocycles. The Labute approximate surface area is 115 Å². The zero-order chi connectivity index (χ0) is 13.9. The number of rotatable bonds is 4. The lowest BCUT2D eigenvalue weighted by atomic mass is 9.87. The van der Waals surface area contributed by atoms with Crippen LogP contribution < -0.4 is 0 Å². The molecule has 1 heterocycles. The molecule has 0 bridgehead atoms. The highest BCUT2D eigenvalue weighted by Crippen LogP contribution is 2.22. The van der Waals surface area contributed by atoms with Crippen LogP contribution in [0.3, 0.4) is 0 Å². The van der Waals surface area contributed by atoms with Crippen molar-refractivity contribution < 1.29 is 0 Å². The Bertz CT molecular complexity index is 492. The third-order valence-corrected chi connectivity index (χ3v) is 3.25. The molecule has 1 N–H and O–H groups in total. The summed E-state index contributed by atoms with van der Waals surface area (Å²) in [6.45, 7) is 8.50. The number of aromatic nitrogens is 2. The topological polar surface area (TPSA) is 31.9 Å². The minimum atomic E-state index is 0.221. The largest absolute Gasteiger partial charge is 0.348 e. The van der Waals surface area contributed by atoms with Crippen molar-refractivity contribution in [2.75, 3.05) is 7.05 Å². The summed E-state index contributed by atoms with van der Waals surface area (Å²) in [5.74, 6) is 1.01. The van der Waals surface area contributed by atoms with E-state index in [-0.39, 0.29) is 5.41 Å². The first kappa shape index (κ1) is 13.8. The lowest BCUT2D eigenvalue weighted by Gasteiger charge is -2.20. The summed E-state index contributed by atoms with van der Waals surface area (Å²) < 4.78 is 0. The quantitative estimate of drug-likeness (QED) is 0.911. The first-order chi connectivity index (χ1) is 8.95. The minimum Gasteiger partial charge on any atom is -0.348 e. The van der Waals surface area contributed by atoms with E-state index in [0.29, 0.717) is 0 Å². The monoisotopic (exact) mass is 257 g/mol. The van der Waals surface area contributed by atoms with Crippen LogP contribution in [-0.2, 0) is 18.5 Å². The van der Waals surface area contributed by atoms with E-state index in [1.807, 2.05) is 6.20 Å². The molecule has 0 atom stereocenters. The van der Waals surface area contributed by atoms with Crippen molar-refractivity contribution in [3.05, 3.63) is 53.6 Å². The highest BCUT2D eigenvalue weighted by atomic mass is 15.1. The van der Waals surface area contributed by atoms with Crippen LogP contribution in [0.5, 0.6) is 0 Å². The molecule has 0 fully saturated rings. The van der Waals surface area contributed by atoms with Gasteiger partial charge in [-0.1, -0.05) is 45.0 Å². The van der Waals surface area contributed by atoms with Gasteiger partial charge in [-0.3, -0.25) is 4.90 Å². The van der Waals surface area contributed by atoms with Crippen molar-refractivity contribution in [3.63, 3.8) is 0 Å². The van der Waals surface area contributed by atoms with Gasteiger partial charge in [0, 0.05) is 18.9 Å². The van der Waals surface area contributed by atoms with Gasteiger partial charge in [0.15, 0.2) is 0 Å². The van der Waals surface area contributed by atoms with Crippen LogP contribution in [0.4, 0.5) is 0 Å². The predicted octanol–water partition coefficient (Wildman–Crippen LogP) is 3.34. The van der Waals surface area contributed by atoms with Crippen molar-refractivity contribution in [2.24, 2.45) is 0 Å². The van der Waals surface area contributed by atoms with E-state index in [1.54, 1.807) is 6.20 Å². The molecule has 2 aromatic rings. The van der Waals surface area contributed by atoms with Crippen LogP contribution >= 0.6 is 0 Å². The Kier molecular flexibility index (Phi) is 4.05. The molecule has 0 spiro atoms. The van der Waals surface area contributed by atoms with Gasteiger partial charge in [-0.05, 0) is 23.6 Å². The fourth-order valence-electron chi connectivity index (χ4n) is 2.12. The van der Waals surface area contributed by atoms with E-state index in [0.717, 1.165) is 18.9 Å². The third-order valence-electron chi connectivity index (χ3n) is 3.25. The second kappa shape index (κ2) is 5.57. The van der Waals surface area contributed by atoms with Gasteiger partial charge >= 0.3 is 0 Å². The number of aromatic amines is 1. The van der Waals surface area contributed by atoms with E-state index in [4.69, 9.17) is 0 Å². The van der Waals surface area contributed by atoms with Gasteiger partial charge in [-0.15, -0.1) is 0 Å². The highest BCUT2D eigenvalue weighted by molar-refractivity contribution is 5.27. The molecular weight excluding hydrogens is 234 g/mol. The lowest BCUT2D eigenvalue weighted by molar-refractivity contribution is 0.311. The molecule has 19 heavy (non-hydrogen) atoms.